The van der Waals surface area contributed by atoms with Gasteiger partial charge >= 0.3 is 5.97 Å². The molecule has 0 aromatic heterocycles. The second-order valence-electron chi connectivity index (χ2n) is 5.03. The zero-order valence-corrected chi connectivity index (χ0v) is 12.0. The van der Waals surface area contributed by atoms with E-state index in [1.807, 2.05) is 0 Å². The Labute approximate surface area is 121 Å². The Morgan fingerprint density at radius 1 is 1.43 bits per heavy atom. The molecule has 0 radical (unpaired) electrons. The van der Waals surface area contributed by atoms with Crippen LogP contribution in [0.5, 0.6) is 0 Å². The van der Waals surface area contributed by atoms with Crippen LogP contribution in [0.1, 0.15) is 24.8 Å². The standard InChI is InChI=1S/C12H14N2O6S/c1-8-4-2-5-9(14(17)18)10(8)21(19,20)13-12(11(15)16)6-3-7-12/h2,4-5,13H,3,6-7H2,1H3,(H,15,16). The highest BCUT2D eigenvalue weighted by atomic mass is 32.2. The maximum Gasteiger partial charge on any atom is 0.324 e. The highest BCUT2D eigenvalue weighted by molar-refractivity contribution is 7.89. The molecule has 0 aliphatic heterocycles. The van der Waals surface area contributed by atoms with Gasteiger partial charge in [0.15, 0.2) is 4.90 Å². The lowest BCUT2D eigenvalue weighted by Gasteiger charge is -2.37. The van der Waals surface area contributed by atoms with Crippen molar-refractivity contribution < 1.29 is 23.2 Å². The van der Waals surface area contributed by atoms with Gasteiger partial charge in [0, 0.05) is 6.07 Å². The highest BCUT2D eigenvalue weighted by Crippen LogP contribution is 2.35. The van der Waals surface area contributed by atoms with Gasteiger partial charge in [0.1, 0.15) is 5.54 Å². The normalized spacial score (nSPS) is 17.0. The number of carbonyl (C=O) groups is 1. The second kappa shape index (κ2) is 5.08. The zero-order chi connectivity index (χ0) is 15.8. The molecule has 0 saturated heterocycles. The van der Waals surface area contributed by atoms with Crippen LogP contribution in [0.15, 0.2) is 23.1 Å². The van der Waals surface area contributed by atoms with E-state index in [4.69, 9.17) is 0 Å². The number of nitro groups is 1. The first-order chi connectivity index (χ1) is 9.69. The number of benzene rings is 1. The molecular weight excluding hydrogens is 300 g/mol. The Morgan fingerprint density at radius 3 is 2.48 bits per heavy atom. The molecule has 9 heteroatoms. The molecule has 1 aliphatic rings. The molecule has 2 rings (SSSR count). The van der Waals surface area contributed by atoms with Crippen molar-refractivity contribution in [2.45, 2.75) is 36.6 Å². The molecule has 0 atom stereocenters. The minimum atomic E-state index is -4.30. The fraction of sp³-hybridized carbons (Fsp3) is 0.417. The number of aliphatic carboxylic acids is 1. The Kier molecular flexibility index (Phi) is 3.72. The summed E-state index contributed by atoms with van der Waals surface area (Å²) in [5, 5.41) is 20.2. The van der Waals surface area contributed by atoms with Gasteiger partial charge in [-0.1, -0.05) is 12.1 Å². The topological polar surface area (TPSA) is 127 Å². The predicted molar refractivity (Wildman–Crippen MR) is 72.4 cm³/mol. The molecule has 21 heavy (non-hydrogen) atoms. The maximum absolute atomic E-state index is 12.4. The monoisotopic (exact) mass is 314 g/mol. The summed E-state index contributed by atoms with van der Waals surface area (Å²) >= 11 is 0. The number of sulfonamides is 1. The number of rotatable bonds is 5. The van der Waals surface area contributed by atoms with Crippen LogP contribution < -0.4 is 4.72 Å². The summed E-state index contributed by atoms with van der Waals surface area (Å²) in [5.41, 5.74) is -1.94. The summed E-state index contributed by atoms with van der Waals surface area (Å²) in [5.74, 6) is -1.27. The molecule has 8 nitrogen and oxygen atoms in total. The van der Waals surface area contributed by atoms with Crippen molar-refractivity contribution in [3.63, 3.8) is 0 Å². The fourth-order valence-electron chi connectivity index (χ4n) is 2.33. The van der Waals surface area contributed by atoms with Crippen molar-refractivity contribution in [2.24, 2.45) is 0 Å². The fourth-order valence-corrected chi connectivity index (χ4v) is 4.15. The van der Waals surface area contributed by atoms with E-state index in [2.05, 4.69) is 4.72 Å². The van der Waals surface area contributed by atoms with E-state index in [-0.39, 0.29) is 18.4 Å². The quantitative estimate of drug-likeness (QED) is 0.621. The van der Waals surface area contributed by atoms with Gasteiger partial charge in [0.2, 0.25) is 10.0 Å². The average Bonchev–Trinajstić information content (AvgIpc) is 2.32. The van der Waals surface area contributed by atoms with Crippen LogP contribution in [0, 0.1) is 17.0 Å². The molecular formula is C12H14N2O6S. The highest BCUT2D eigenvalue weighted by Gasteiger charge is 2.48. The summed E-state index contributed by atoms with van der Waals surface area (Å²) in [4.78, 5) is 21.0. The van der Waals surface area contributed by atoms with Gasteiger partial charge in [-0.2, -0.15) is 4.72 Å². The number of carboxylic acid groups (broad SMARTS) is 1. The Morgan fingerprint density at radius 2 is 2.05 bits per heavy atom. The number of nitro benzene ring substituents is 1. The maximum atomic E-state index is 12.4. The molecule has 1 saturated carbocycles. The SMILES string of the molecule is Cc1cccc([N+](=O)[O-])c1S(=O)(=O)NC1(C(=O)O)CCC1. The molecule has 0 bridgehead atoms. The molecule has 2 N–H and O–H groups in total. The summed E-state index contributed by atoms with van der Waals surface area (Å²) in [6.07, 6.45) is 0.924. The summed E-state index contributed by atoms with van der Waals surface area (Å²) < 4.78 is 27.0. The summed E-state index contributed by atoms with van der Waals surface area (Å²) in [7, 11) is -4.30. The number of hydrogen-bond donors (Lipinski definition) is 2. The van der Waals surface area contributed by atoms with Crippen molar-refractivity contribution in [2.75, 3.05) is 0 Å². The number of carboxylic acids is 1. The lowest BCUT2D eigenvalue weighted by atomic mass is 9.78. The molecule has 0 unspecified atom stereocenters. The minimum absolute atomic E-state index is 0.168. The van der Waals surface area contributed by atoms with E-state index in [1.165, 1.54) is 19.1 Å². The lowest BCUT2D eigenvalue weighted by molar-refractivity contribution is -0.387. The predicted octanol–water partition coefficient (Wildman–Crippen LogP) is 1.19. The van der Waals surface area contributed by atoms with Crippen LogP contribution in [0.3, 0.4) is 0 Å². The number of nitrogens with one attached hydrogen (secondary N) is 1. The number of nitrogens with zero attached hydrogens (tertiary/aromatic N) is 1. The summed E-state index contributed by atoms with van der Waals surface area (Å²) in [6, 6.07) is 3.88. The Hall–Kier alpha value is -2.00. The average molecular weight is 314 g/mol. The van der Waals surface area contributed by atoms with Crippen LogP contribution in [0.2, 0.25) is 0 Å². The molecule has 0 heterocycles. The van der Waals surface area contributed by atoms with E-state index in [9.17, 15) is 28.4 Å². The molecule has 1 aromatic rings. The molecule has 1 aliphatic carbocycles. The van der Waals surface area contributed by atoms with Gasteiger partial charge in [0.25, 0.3) is 5.69 Å². The van der Waals surface area contributed by atoms with Crippen molar-refractivity contribution >= 4 is 21.7 Å². The summed E-state index contributed by atoms with van der Waals surface area (Å²) in [6.45, 7) is 1.43. The van der Waals surface area contributed by atoms with Crippen molar-refractivity contribution in [3.05, 3.63) is 33.9 Å². The van der Waals surface area contributed by atoms with Gasteiger partial charge in [0.05, 0.1) is 4.92 Å². The van der Waals surface area contributed by atoms with Crippen molar-refractivity contribution in [3.8, 4) is 0 Å². The van der Waals surface area contributed by atoms with E-state index >= 15 is 0 Å². The van der Waals surface area contributed by atoms with Gasteiger partial charge in [-0.15, -0.1) is 0 Å². The zero-order valence-electron chi connectivity index (χ0n) is 11.2. The van der Waals surface area contributed by atoms with Gasteiger partial charge < -0.3 is 5.11 Å². The van der Waals surface area contributed by atoms with Crippen LogP contribution in [-0.2, 0) is 14.8 Å². The van der Waals surface area contributed by atoms with Gasteiger partial charge in [-0.05, 0) is 31.7 Å². The third kappa shape index (κ3) is 2.61. The molecule has 0 amide bonds. The van der Waals surface area contributed by atoms with Crippen LogP contribution in [0.25, 0.3) is 0 Å². The Bertz CT molecular complexity index is 708. The smallest absolute Gasteiger partial charge is 0.324 e. The number of aryl methyl sites for hydroxylation is 1. The molecule has 0 spiro atoms. The first kappa shape index (κ1) is 15.4. The molecule has 114 valence electrons. The Balaban J connectivity index is 2.50. The second-order valence-corrected chi connectivity index (χ2v) is 6.65. The minimum Gasteiger partial charge on any atom is -0.480 e. The third-order valence-electron chi connectivity index (χ3n) is 3.60. The lowest BCUT2D eigenvalue weighted by Crippen LogP contribution is -2.59. The van der Waals surface area contributed by atoms with E-state index < -0.39 is 37.0 Å². The first-order valence-corrected chi connectivity index (χ1v) is 7.69. The first-order valence-electron chi connectivity index (χ1n) is 6.21. The van der Waals surface area contributed by atoms with E-state index in [0.29, 0.717) is 6.42 Å². The largest absolute Gasteiger partial charge is 0.480 e. The number of hydrogen-bond acceptors (Lipinski definition) is 5. The molecule has 1 fully saturated rings. The van der Waals surface area contributed by atoms with Crippen molar-refractivity contribution in [1.29, 1.82) is 0 Å². The van der Waals surface area contributed by atoms with Crippen LogP contribution in [-0.4, -0.2) is 30.0 Å². The van der Waals surface area contributed by atoms with Crippen molar-refractivity contribution in [1.82, 2.24) is 4.72 Å². The van der Waals surface area contributed by atoms with E-state index in [0.717, 1.165) is 6.07 Å². The molecule has 1 aromatic carbocycles. The van der Waals surface area contributed by atoms with Gasteiger partial charge in [-0.3, -0.25) is 14.9 Å². The third-order valence-corrected chi connectivity index (χ3v) is 5.33. The van der Waals surface area contributed by atoms with Crippen LogP contribution in [0.4, 0.5) is 5.69 Å². The van der Waals surface area contributed by atoms with Gasteiger partial charge in [-0.25, -0.2) is 8.42 Å². The van der Waals surface area contributed by atoms with E-state index in [1.54, 1.807) is 0 Å². The van der Waals surface area contributed by atoms with Crippen LogP contribution >= 0.6 is 0 Å².